The summed E-state index contributed by atoms with van der Waals surface area (Å²) in [7, 11) is 1.29. The largest absolute Gasteiger partial charge is 0.490 e. The van der Waals surface area contributed by atoms with Gasteiger partial charge in [-0.1, -0.05) is 0 Å². The van der Waals surface area contributed by atoms with Crippen LogP contribution >= 0.6 is 0 Å². The van der Waals surface area contributed by atoms with Gasteiger partial charge in [-0.15, -0.1) is 0 Å². The number of rotatable bonds is 7. The maximum Gasteiger partial charge on any atom is 0.338 e. The fourth-order valence-electron chi connectivity index (χ4n) is 4.73. The summed E-state index contributed by atoms with van der Waals surface area (Å²) in [6.07, 6.45) is 7.55. The number of hydrogen-bond acceptors (Lipinski definition) is 9. The molecule has 2 atom stereocenters. The highest BCUT2D eigenvalue weighted by molar-refractivity contribution is 6.08. The summed E-state index contributed by atoms with van der Waals surface area (Å²) in [5.74, 6) is -0.236. The van der Waals surface area contributed by atoms with Crippen molar-refractivity contribution in [2.75, 3.05) is 13.7 Å². The van der Waals surface area contributed by atoms with Crippen molar-refractivity contribution in [2.45, 2.75) is 25.3 Å². The predicted octanol–water partition coefficient (Wildman–Crippen LogP) is 4.77. The molecule has 11 nitrogen and oxygen atoms in total. The molecule has 1 fully saturated rings. The number of benzene rings is 1. The Labute approximate surface area is 211 Å². The van der Waals surface area contributed by atoms with Gasteiger partial charge >= 0.3 is 11.7 Å². The molecular weight excluding hydrogens is 482 g/mol. The minimum atomic E-state index is -0.878. The fourth-order valence-corrected chi connectivity index (χ4v) is 4.73. The molecule has 0 radical (unpaired) electrons. The average Bonchev–Trinajstić information content (AvgIpc) is 3.68. The lowest BCUT2D eigenvalue weighted by atomic mass is 9.79. The smallest absolute Gasteiger partial charge is 0.338 e. The molecule has 2 aromatic heterocycles. The SMILES string of the molecule is COc1ccc(C(=O)OCC(=O)N2N=C3/C(=C/c4ccco4)CCC[C@H]3[C@H]2c2ccco2)cc1[N+](=O)[O-]. The Hall–Kier alpha value is -4.67. The molecule has 0 unspecified atom stereocenters. The third-order valence-corrected chi connectivity index (χ3v) is 6.39. The molecule has 0 saturated heterocycles. The van der Waals surface area contributed by atoms with Crippen LogP contribution < -0.4 is 4.74 Å². The number of carbonyl (C=O) groups excluding carboxylic acids is 2. The Bertz CT molecular complexity index is 1370. The van der Waals surface area contributed by atoms with Crippen LogP contribution in [0.25, 0.3) is 6.08 Å². The number of furan rings is 2. The molecule has 0 N–H and O–H groups in total. The third kappa shape index (κ3) is 4.75. The van der Waals surface area contributed by atoms with Crippen LogP contribution in [0.4, 0.5) is 5.69 Å². The van der Waals surface area contributed by atoms with E-state index in [-0.39, 0.29) is 22.9 Å². The van der Waals surface area contributed by atoms with Gasteiger partial charge in [-0.3, -0.25) is 14.9 Å². The van der Waals surface area contributed by atoms with Crippen LogP contribution in [0.5, 0.6) is 5.75 Å². The first kappa shape index (κ1) is 24.0. The molecule has 3 aromatic rings. The number of nitro groups is 1. The molecule has 1 aromatic carbocycles. The van der Waals surface area contributed by atoms with Crippen LogP contribution in [-0.4, -0.2) is 41.2 Å². The van der Waals surface area contributed by atoms with Crippen LogP contribution in [0.2, 0.25) is 0 Å². The van der Waals surface area contributed by atoms with Crippen molar-refractivity contribution in [1.82, 2.24) is 5.01 Å². The lowest BCUT2D eigenvalue weighted by molar-refractivity contribution is -0.385. The van der Waals surface area contributed by atoms with Crippen LogP contribution in [-0.2, 0) is 9.53 Å². The highest BCUT2D eigenvalue weighted by Crippen LogP contribution is 2.44. The first-order valence-electron chi connectivity index (χ1n) is 11.6. The second-order valence-electron chi connectivity index (χ2n) is 8.59. The van der Waals surface area contributed by atoms with Gasteiger partial charge < -0.3 is 18.3 Å². The number of amides is 1. The van der Waals surface area contributed by atoms with Gasteiger partial charge in [0.15, 0.2) is 12.4 Å². The third-order valence-electron chi connectivity index (χ3n) is 6.39. The van der Waals surface area contributed by atoms with Crippen molar-refractivity contribution in [1.29, 1.82) is 0 Å². The van der Waals surface area contributed by atoms with Crippen molar-refractivity contribution < 1.29 is 32.8 Å². The number of hydrogen-bond donors (Lipinski definition) is 0. The van der Waals surface area contributed by atoms with E-state index in [1.807, 2.05) is 12.1 Å². The number of nitro benzene ring substituents is 1. The topological polar surface area (TPSA) is 138 Å². The molecule has 3 heterocycles. The molecule has 1 aliphatic heterocycles. The van der Waals surface area contributed by atoms with E-state index in [0.717, 1.165) is 36.6 Å². The number of esters is 1. The van der Waals surface area contributed by atoms with E-state index in [9.17, 15) is 19.7 Å². The van der Waals surface area contributed by atoms with E-state index in [2.05, 4.69) is 5.10 Å². The summed E-state index contributed by atoms with van der Waals surface area (Å²) in [6.45, 7) is -0.601. The zero-order chi connectivity index (χ0) is 25.9. The molecule has 1 saturated carbocycles. The van der Waals surface area contributed by atoms with Gasteiger partial charge in [0.2, 0.25) is 0 Å². The normalized spacial score (nSPS) is 19.9. The quantitative estimate of drug-likeness (QED) is 0.254. The average molecular weight is 505 g/mol. The van der Waals surface area contributed by atoms with Crippen LogP contribution in [0, 0.1) is 16.0 Å². The Morgan fingerprint density at radius 3 is 2.73 bits per heavy atom. The number of nitrogens with zero attached hydrogens (tertiary/aromatic N) is 3. The van der Waals surface area contributed by atoms with Crippen molar-refractivity contribution in [3.05, 3.63) is 87.8 Å². The molecule has 37 heavy (non-hydrogen) atoms. The standard InChI is InChI=1S/C26H23N3O8/c1-34-21-10-9-17(14-20(21)29(32)33)26(31)37-15-23(30)28-25(22-8-4-12-36-22)19-7-2-5-16(24(19)27-28)13-18-6-3-11-35-18/h3-4,6,8-14,19,25H,2,5,7,15H2,1H3/b16-13+/t19-,25+/m1/s1. The number of carbonyl (C=O) groups is 2. The molecule has 1 amide bonds. The number of allylic oxidation sites excluding steroid dienone is 1. The van der Waals surface area contributed by atoms with Gasteiger partial charge in [0.05, 0.1) is 35.8 Å². The van der Waals surface area contributed by atoms with Gasteiger partial charge in [-0.25, -0.2) is 9.80 Å². The number of fused-ring (bicyclic) bond motifs is 1. The van der Waals surface area contributed by atoms with E-state index >= 15 is 0 Å². The summed E-state index contributed by atoms with van der Waals surface area (Å²) < 4.78 is 21.3. The van der Waals surface area contributed by atoms with E-state index in [1.165, 1.54) is 30.5 Å². The van der Waals surface area contributed by atoms with Crippen molar-refractivity contribution >= 4 is 29.4 Å². The number of hydrazone groups is 1. The summed E-state index contributed by atoms with van der Waals surface area (Å²) in [5.41, 5.74) is 1.29. The van der Waals surface area contributed by atoms with Crippen molar-refractivity contribution in [3.8, 4) is 5.75 Å². The van der Waals surface area contributed by atoms with Crippen LogP contribution in [0.3, 0.4) is 0 Å². The first-order valence-corrected chi connectivity index (χ1v) is 11.6. The maximum absolute atomic E-state index is 13.3. The monoisotopic (exact) mass is 505 g/mol. The minimum Gasteiger partial charge on any atom is -0.490 e. The van der Waals surface area contributed by atoms with E-state index in [1.54, 1.807) is 24.5 Å². The van der Waals surface area contributed by atoms with Gasteiger partial charge in [0.25, 0.3) is 5.91 Å². The summed E-state index contributed by atoms with van der Waals surface area (Å²) in [4.78, 5) is 36.5. The van der Waals surface area contributed by atoms with E-state index < -0.39 is 29.4 Å². The van der Waals surface area contributed by atoms with Gasteiger partial charge in [-0.2, -0.15) is 5.10 Å². The second kappa shape index (κ2) is 10.1. The van der Waals surface area contributed by atoms with Gasteiger partial charge in [0.1, 0.15) is 17.6 Å². The van der Waals surface area contributed by atoms with Crippen LogP contribution in [0.15, 0.2) is 74.5 Å². The molecule has 2 aliphatic rings. The zero-order valence-corrected chi connectivity index (χ0v) is 19.9. The molecular formula is C26H23N3O8. The maximum atomic E-state index is 13.3. The molecule has 5 rings (SSSR count). The summed E-state index contributed by atoms with van der Waals surface area (Å²) >= 11 is 0. The van der Waals surface area contributed by atoms with Crippen molar-refractivity contribution in [2.24, 2.45) is 11.0 Å². The van der Waals surface area contributed by atoms with Gasteiger partial charge in [-0.05, 0) is 67.3 Å². The van der Waals surface area contributed by atoms with E-state index in [4.69, 9.17) is 18.3 Å². The highest BCUT2D eigenvalue weighted by atomic mass is 16.6. The molecule has 11 heteroatoms. The first-order chi connectivity index (χ1) is 18.0. The number of ether oxygens (including phenoxy) is 2. The number of methoxy groups -OCH3 is 1. The lowest BCUT2D eigenvalue weighted by Crippen LogP contribution is -2.34. The zero-order valence-electron chi connectivity index (χ0n) is 19.9. The Kier molecular flexibility index (Phi) is 6.59. The highest BCUT2D eigenvalue weighted by Gasteiger charge is 2.45. The lowest BCUT2D eigenvalue weighted by Gasteiger charge is -2.27. The van der Waals surface area contributed by atoms with Gasteiger partial charge in [0, 0.05) is 12.0 Å². The molecule has 190 valence electrons. The van der Waals surface area contributed by atoms with E-state index in [0.29, 0.717) is 11.5 Å². The Morgan fingerprint density at radius 1 is 1.22 bits per heavy atom. The Balaban J connectivity index is 1.37. The predicted molar refractivity (Wildman–Crippen MR) is 130 cm³/mol. The second-order valence-corrected chi connectivity index (χ2v) is 8.59. The van der Waals surface area contributed by atoms with Crippen molar-refractivity contribution in [3.63, 3.8) is 0 Å². The Morgan fingerprint density at radius 2 is 2.03 bits per heavy atom. The van der Waals surface area contributed by atoms with Crippen LogP contribution in [0.1, 0.15) is 47.2 Å². The summed E-state index contributed by atoms with van der Waals surface area (Å²) in [6, 6.07) is 10.4. The molecule has 0 bridgehead atoms. The molecule has 0 spiro atoms. The molecule has 1 aliphatic carbocycles. The fraction of sp³-hybridized carbons (Fsp3) is 0.269. The summed E-state index contributed by atoms with van der Waals surface area (Å²) in [5, 5.41) is 17.2. The minimum absolute atomic E-state index is 0.00724.